The molecule has 1 heterocycles. The number of nitrogens with one attached hydrogen (secondary N) is 1. The minimum absolute atomic E-state index is 0.0883. The summed E-state index contributed by atoms with van der Waals surface area (Å²) in [6.45, 7) is 3.99. The zero-order chi connectivity index (χ0) is 21.1. The Morgan fingerprint density at radius 3 is 2.32 bits per heavy atom. The van der Waals surface area contributed by atoms with Crippen LogP contribution >= 0.6 is 0 Å². The average molecular weight is 392 g/mol. The lowest BCUT2D eigenvalue weighted by atomic mass is 9.75. The molecule has 0 spiro atoms. The van der Waals surface area contributed by atoms with Gasteiger partial charge >= 0.3 is 6.16 Å². The predicted octanol–water partition coefficient (Wildman–Crippen LogP) is 1.69. The van der Waals surface area contributed by atoms with Crippen LogP contribution in [0.5, 0.6) is 0 Å². The van der Waals surface area contributed by atoms with Gasteiger partial charge in [0, 0.05) is 25.5 Å². The summed E-state index contributed by atoms with van der Waals surface area (Å²) >= 11 is 0. The highest BCUT2D eigenvalue weighted by atomic mass is 16.7. The zero-order valence-corrected chi connectivity index (χ0v) is 15.6. The molecule has 10 heteroatoms. The van der Waals surface area contributed by atoms with E-state index in [9.17, 15) is 29.3 Å². The minimum Gasteiger partial charge on any atom is -0.429 e. The van der Waals surface area contributed by atoms with Crippen molar-refractivity contribution in [2.75, 3.05) is 0 Å². The molecule has 0 saturated carbocycles. The van der Waals surface area contributed by atoms with Crippen LogP contribution in [0.3, 0.4) is 0 Å². The van der Waals surface area contributed by atoms with Crippen molar-refractivity contribution >= 4 is 29.3 Å². The number of ether oxygens (including phenoxy) is 2. The Kier molecular flexibility index (Phi) is 6.12. The maximum atomic E-state index is 12.0. The Morgan fingerprint density at radius 1 is 1.21 bits per heavy atom. The topological polar surface area (TPSA) is 142 Å². The summed E-state index contributed by atoms with van der Waals surface area (Å²) in [5, 5.41) is 13.1. The molecule has 1 aliphatic heterocycles. The van der Waals surface area contributed by atoms with E-state index in [4.69, 9.17) is 9.47 Å². The van der Waals surface area contributed by atoms with E-state index in [1.165, 1.54) is 38.1 Å². The average Bonchev–Trinajstić information content (AvgIpc) is 2.58. The summed E-state index contributed by atoms with van der Waals surface area (Å²) in [6, 6.07) is 4.84. The molecule has 28 heavy (non-hydrogen) atoms. The predicted molar refractivity (Wildman–Crippen MR) is 94.2 cm³/mol. The normalized spacial score (nSPS) is 18.5. The number of carbonyl (C=O) groups is 4. The number of carbonyl (C=O) groups excluding carboxylic acids is 4. The summed E-state index contributed by atoms with van der Waals surface area (Å²) in [7, 11) is 0. The van der Waals surface area contributed by atoms with Gasteiger partial charge in [0.2, 0.25) is 5.91 Å². The molecule has 2 atom stereocenters. The van der Waals surface area contributed by atoms with Gasteiger partial charge in [-0.2, -0.15) is 0 Å². The second-order valence-electron chi connectivity index (χ2n) is 6.94. The fraction of sp³-hybridized carbons (Fsp3) is 0.444. The molecule has 1 fully saturated rings. The number of benzene rings is 1. The van der Waals surface area contributed by atoms with Crippen molar-refractivity contribution in [2.45, 2.75) is 45.4 Å². The Hall–Kier alpha value is -3.30. The van der Waals surface area contributed by atoms with E-state index < -0.39 is 46.1 Å². The molecule has 0 aliphatic carbocycles. The fourth-order valence-electron chi connectivity index (χ4n) is 2.92. The van der Waals surface area contributed by atoms with Gasteiger partial charge < -0.3 is 14.8 Å². The molecule has 1 N–H and O–H groups in total. The molecule has 2 unspecified atom stereocenters. The molecule has 150 valence electrons. The number of hydrogen-bond donors (Lipinski definition) is 1. The number of non-ortho nitro benzene ring substituents is 1. The van der Waals surface area contributed by atoms with Crippen molar-refractivity contribution in [3.05, 3.63) is 39.9 Å². The van der Waals surface area contributed by atoms with Crippen molar-refractivity contribution in [3.8, 4) is 0 Å². The van der Waals surface area contributed by atoms with Crippen molar-refractivity contribution in [1.29, 1.82) is 0 Å². The van der Waals surface area contributed by atoms with Gasteiger partial charge in [0.15, 0.2) is 11.6 Å². The number of nitrogens with zero attached hydrogens (tertiary/aromatic N) is 1. The Balaban J connectivity index is 1.92. The lowest BCUT2D eigenvalue weighted by Crippen LogP contribution is -2.66. The number of Topliss-reactive ketones (excluding diaryl/α,β-unsaturated/α-hetero) is 2. The van der Waals surface area contributed by atoms with Crippen LogP contribution in [0.1, 0.15) is 32.8 Å². The second-order valence-corrected chi connectivity index (χ2v) is 6.94. The number of amides is 1. The van der Waals surface area contributed by atoms with Crippen molar-refractivity contribution < 1.29 is 33.6 Å². The summed E-state index contributed by atoms with van der Waals surface area (Å²) in [4.78, 5) is 56.7. The quantitative estimate of drug-likeness (QED) is 0.231. The minimum atomic E-state index is -1.27. The van der Waals surface area contributed by atoms with Crippen molar-refractivity contribution in [3.63, 3.8) is 0 Å². The van der Waals surface area contributed by atoms with E-state index in [0.29, 0.717) is 5.56 Å². The summed E-state index contributed by atoms with van der Waals surface area (Å²) in [5.74, 6) is -2.43. The third kappa shape index (κ3) is 4.90. The van der Waals surface area contributed by atoms with Gasteiger partial charge in [0.25, 0.3) is 5.69 Å². The Labute approximate surface area is 160 Å². The molecule has 1 aromatic carbocycles. The maximum Gasteiger partial charge on any atom is 0.509 e. The maximum absolute atomic E-state index is 12.0. The molecule has 10 nitrogen and oxygen atoms in total. The summed E-state index contributed by atoms with van der Waals surface area (Å²) in [6.07, 6.45) is -1.20. The van der Waals surface area contributed by atoms with Gasteiger partial charge in [-0.1, -0.05) is 0 Å². The number of nitro benzene ring substituents is 1. The van der Waals surface area contributed by atoms with Crippen LogP contribution in [-0.4, -0.2) is 40.2 Å². The van der Waals surface area contributed by atoms with Gasteiger partial charge in [0.05, 0.1) is 16.9 Å². The Morgan fingerprint density at radius 2 is 1.82 bits per heavy atom. The van der Waals surface area contributed by atoms with E-state index in [1.807, 2.05) is 0 Å². The van der Waals surface area contributed by atoms with E-state index in [-0.39, 0.29) is 18.7 Å². The van der Waals surface area contributed by atoms with Crippen LogP contribution in [0.4, 0.5) is 10.5 Å². The lowest BCUT2D eigenvalue weighted by Gasteiger charge is -2.44. The first-order valence-electron chi connectivity index (χ1n) is 8.44. The third-order valence-corrected chi connectivity index (χ3v) is 4.41. The van der Waals surface area contributed by atoms with E-state index in [0.717, 1.165) is 6.92 Å². The van der Waals surface area contributed by atoms with Crippen LogP contribution in [0.2, 0.25) is 0 Å². The molecule has 2 rings (SSSR count). The highest BCUT2D eigenvalue weighted by Gasteiger charge is 2.52. The number of ketones is 2. The smallest absolute Gasteiger partial charge is 0.429 e. The number of nitro groups is 1. The Bertz CT molecular complexity index is 815. The van der Waals surface area contributed by atoms with Crippen molar-refractivity contribution in [2.24, 2.45) is 5.92 Å². The number of β-lactam (4-membered cyclic amide) rings is 1. The van der Waals surface area contributed by atoms with Crippen LogP contribution < -0.4 is 5.32 Å². The van der Waals surface area contributed by atoms with Crippen LogP contribution in [0, 0.1) is 16.0 Å². The molecule has 0 radical (unpaired) electrons. The largest absolute Gasteiger partial charge is 0.509 e. The number of rotatable bonds is 8. The van der Waals surface area contributed by atoms with Crippen LogP contribution in [0.25, 0.3) is 0 Å². The first kappa shape index (κ1) is 21.0. The van der Waals surface area contributed by atoms with Gasteiger partial charge in [0.1, 0.15) is 12.2 Å². The van der Waals surface area contributed by atoms with Crippen molar-refractivity contribution in [1.82, 2.24) is 5.32 Å². The highest BCUT2D eigenvalue weighted by molar-refractivity contribution is 6.36. The third-order valence-electron chi connectivity index (χ3n) is 4.41. The molecular formula is C18H20N2O8. The molecular weight excluding hydrogens is 372 g/mol. The first-order valence-corrected chi connectivity index (χ1v) is 8.44. The molecule has 1 aliphatic rings. The molecule has 0 aromatic heterocycles. The van der Waals surface area contributed by atoms with Gasteiger partial charge in [-0.15, -0.1) is 0 Å². The SMILES string of the molecule is CC(=O)C(=O)CC1NC(=O)C1C(C)(C)OC(=O)OCc1ccc([N+](=O)[O-])cc1. The molecule has 1 amide bonds. The van der Waals surface area contributed by atoms with E-state index >= 15 is 0 Å². The standard InChI is InChI=1S/C18H20N2O8/c1-10(21)14(22)8-13-15(16(23)19-13)18(2,3)28-17(24)27-9-11-4-6-12(7-5-11)20(25)26/h4-7,13,15H,8-9H2,1-3H3,(H,19,23). The van der Waals surface area contributed by atoms with Crippen LogP contribution in [0.15, 0.2) is 24.3 Å². The fourth-order valence-corrected chi connectivity index (χ4v) is 2.92. The molecule has 1 aromatic rings. The van der Waals surface area contributed by atoms with Gasteiger partial charge in [-0.3, -0.25) is 24.5 Å². The van der Waals surface area contributed by atoms with E-state index in [1.54, 1.807) is 0 Å². The lowest BCUT2D eigenvalue weighted by molar-refractivity contribution is -0.384. The summed E-state index contributed by atoms with van der Waals surface area (Å²) < 4.78 is 10.2. The first-order chi connectivity index (χ1) is 13.0. The zero-order valence-electron chi connectivity index (χ0n) is 15.6. The molecule has 0 bridgehead atoms. The highest BCUT2D eigenvalue weighted by Crippen LogP contribution is 2.33. The van der Waals surface area contributed by atoms with E-state index in [2.05, 4.69) is 5.32 Å². The molecule has 1 saturated heterocycles. The van der Waals surface area contributed by atoms with Gasteiger partial charge in [-0.25, -0.2) is 4.79 Å². The van der Waals surface area contributed by atoms with Crippen LogP contribution in [-0.2, 0) is 30.5 Å². The van der Waals surface area contributed by atoms with Gasteiger partial charge in [-0.05, 0) is 31.5 Å². The monoisotopic (exact) mass is 392 g/mol. The summed E-state index contributed by atoms with van der Waals surface area (Å²) in [5.41, 5.74) is -0.835. The second kappa shape index (κ2) is 8.15. The number of hydrogen-bond acceptors (Lipinski definition) is 8.